The first-order valence-corrected chi connectivity index (χ1v) is 4.08. The number of nitrogens with two attached hydrogens (primary N) is 1. The Morgan fingerprint density at radius 3 is 2.64 bits per heavy atom. The molecule has 0 unspecified atom stereocenters. The van der Waals surface area contributed by atoms with E-state index in [0.717, 1.165) is 13.0 Å². The molecule has 1 amide bonds. The van der Waals surface area contributed by atoms with Gasteiger partial charge in [-0.25, -0.2) is 0 Å². The predicted molar refractivity (Wildman–Crippen MR) is 44.1 cm³/mol. The van der Waals surface area contributed by atoms with Gasteiger partial charge in [0.15, 0.2) is 0 Å². The van der Waals surface area contributed by atoms with Crippen LogP contribution in [0.25, 0.3) is 0 Å². The van der Waals surface area contributed by atoms with Gasteiger partial charge in [-0.2, -0.15) is 0 Å². The summed E-state index contributed by atoms with van der Waals surface area (Å²) < 4.78 is 0. The second-order valence-corrected chi connectivity index (χ2v) is 3.67. The molecule has 0 aromatic rings. The summed E-state index contributed by atoms with van der Waals surface area (Å²) in [7, 11) is 0. The maximum absolute atomic E-state index is 11.3. The number of carbonyl (C=O) groups excluding carboxylic acids is 1. The standard InChI is InChI=1S/C8H16N2O/c1-8(2,6-9)10-5-3-4-7(10)11/h3-6,9H2,1-2H3. The van der Waals surface area contributed by atoms with Crippen LogP contribution in [0.3, 0.4) is 0 Å². The summed E-state index contributed by atoms with van der Waals surface area (Å²) in [5.74, 6) is 0.250. The van der Waals surface area contributed by atoms with Crippen molar-refractivity contribution in [1.82, 2.24) is 4.90 Å². The first kappa shape index (κ1) is 8.53. The Morgan fingerprint density at radius 2 is 2.27 bits per heavy atom. The second-order valence-electron chi connectivity index (χ2n) is 3.67. The number of nitrogens with zero attached hydrogens (tertiary/aromatic N) is 1. The van der Waals surface area contributed by atoms with Crippen LogP contribution in [-0.4, -0.2) is 29.4 Å². The van der Waals surface area contributed by atoms with Gasteiger partial charge in [-0.05, 0) is 20.3 Å². The zero-order chi connectivity index (χ0) is 8.48. The van der Waals surface area contributed by atoms with E-state index in [0.29, 0.717) is 13.0 Å². The molecule has 0 aliphatic carbocycles. The Kier molecular flexibility index (Phi) is 2.18. The molecule has 11 heavy (non-hydrogen) atoms. The molecular weight excluding hydrogens is 140 g/mol. The molecule has 0 saturated carbocycles. The third-order valence-corrected chi connectivity index (χ3v) is 2.30. The van der Waals surface area contributed by atoms with Crippen molar-refractivity contribution < 1.29 is 4.79 Å². The van der Waals surface area contributed by atoms with Crippen molar-refractivity contribution in [2.24, 2.45) is 5.73 Å². The third kappa shape index (κ3) is 1.53. The molecule has 1 heterocycles. The second kappa shape index (κ2) is 2.81. The van der Waals surface area contributed by atoms with E-state index in [1.807, 2.05) is 18.7 Å². The molecule has 2 N–H and O–H groups in total. The Labute approximate surface area is 67.5 Å². The smallest absolute Gasteiger partial charge is 0.223 e. The Bertz CT molecular complexity index is 165. The highest BCUT2D eigenvalue weighted by atomic mass is 16.2. The van der Waals surface area contributed by atoms with Crippen LogP contribution >= 0.6 is 0 Å². The van der Waals surface area contributed by atoms with Crippen molar-refractivity contribution in [3.63, 3.8) is 0 Å². The van der Waals surface area contributed by atoms with E-state index < -0.39 is 0 Å². The van der Waals surface area contributed by atoms with Crippen molar-refractivity contribution in [3.8, 4) is 0 Å². The molecule has 3 nitrogen and oxygen atoms in total. The molecule has 64 valence electrons. The van der Waals surface area contributed by atoms with Crippen molar-refractivity contribution in [2.45, 2.75) is 32.2 Å². The highest BCUT2D eigenvalue weighted by molar-refractivity contribution is 5.78. The molecular formula is C8H16N2O. The molecule has 3 heteroatoms. The van der Waals surface area contributed by atoms with Gasteiger partial charge in [-0.15, -0.1) is 0 Å². The molecule has 1 aliphatic heterocycles. The monoisotopic (exact) mass is 156 g/mol. The number of likely N-dealkylation sites (tertiary alicyclic amines) is 1. The molecule has 0 spiro atoms. The van der Waals surface area contributed by atoms with Gasteiger partial charge in [0.1, 0.15) is 0 Å². The van der Waals surface area contributed by atoms with Crippen LogP contribution in [0.5, 0.6) is 0 Å². The SMILES string of the molecule is CC(C)(CN)N1CCCC1=O. The fourth-order valence-corrected chi connectivity index (χ4v) is 1.40. The minimum Gasteiger partial charge on any atom is -0.336 e. The first-order valence-electron chi connectivity index (χ1n) is 4.08. The lowest BCUT2D eigenvalue weighted by molar-refractivity contribution is -0.131. The summed E-state index contributed by atoms with van der Waals surface area (Å²) in [5.41, 5.74) is 5.41. The fraction of sp³-hybridized carbons (Fsp3) is 0.875. The van der Waals surface area contributed by atoms with Crippen LogP contribution < -0.4 is 5.73 Å². The van der Waals surface area contributed by atoms with E-state index >= 15 is 0 Å². The summed E-state index contributed by atoms with van der Waals surface area (Å²) in [6.45, 7) is 5.44. The minimum absolute atomic E-state index is 0.145. The quantitative estimate of drug-likeness (QED) is 0.627. The molecule has 0 radical (unpaired) electrons. The zero-order valence-corrected chi connectivity index (χ0v) is 7.26. The lowest BCUT2D eigenvalue weighted by atomic mass is 10.0. The van der Waals surface area contributed by atoms with E-state index in [9.17, 15) is 4.79 Å². The molecule has 1 rings (SSSR count). The largest absolute Gasteiger partial charge is 0.336 e. The number of hydrogen-bond acceptors (Lipinski definition) is 2. The normalized spacial score (nSPS) is 19.5. The number of rotatable bonds is 2. The van der Waals surface area contributed by atoms with E-state index in [2.05, 4.69) is 0 Å². The average Bonchev–Trinajstić information content (AvgIpc) is 2.36. The highest BCUT2D eigenvalue weighted by Crippen LogP contribution is 2.20. The Hall–Kier alpha value is -0.570. The van der Waals surface area contributed by atoms with E-state index in [-0.39, 0.29) is 11.4 Å². The average molecular weight is 156 g/mol. The van der Waals surface area contributed by atoms with Gasteiger partial charge in [-0.1, -0.05) is 0 Å². The topological polar surface area (TPSA) is 46.3 Å². The molecule has 1 fully saturated rings. The summed E-state index contributed by atoms with van der Waals surface area (Å²) >= 11 is 0. The maximum Gasteiger partial charge on any atom is 0.223 e. The van der Waals surface area contributed by atoms with E-state index in [1.165, 1.54) is 0 Å². The van der Waals surface area contributed by atoms with Gasteiger partial charge >= 0.3 is 0 Å². The first-order chi connectivity index (χ1) is 5.08. The summed E-state index contributed by atoms with van der Waals surface area (Å²) in [6.07, 6.45) is 1.69. The van der Waals surface area contributed by atoms with Crippen molar-refractivity contribution in [1.29, 1.82) is 0 Å². The van der Waals surface area contributed by atoms with Crippen molar-refractivity contribution >= 4 is 5.91 Å². The van der Waals surface area contributed by atoms with Crippen LogP contribution in [0.4, 0.5) is 0 Å². The number of carbonyl (C=O) groups is 1. The lowest BCUT2D eigenvalue weighted by Gasteiger charge is -2.34. The van der Waals surface area contributed by atoms with Crippen LogP contribution in [0.1, 0.15) is 26.7 Å². The summed E-state index contributed by atoms with van der Waals surface area (Å²) in [4.78, 5) is 13.1. The lowest BCUT2D eigenvalue weighted by Crippen LogP contribution is -2.49. The van der Waals surface area contributed by atoms with Crippen molar-refractivity contribution in [2.75, 3.05) is 13.1 Å². The van der Waals surface area contributed by atoms with Crippen LogP contribution in [0.2, 0.25) is 0 Å². The van der Waals surface area contributed by atoms with Crippen LogP contribution in [0, 0.1) is 0 Å². The maximum atomic E-state index is 11.3. The molecule has 1 saturated heterocycles. The van der Waals surface area contributed by atoms with Crippen LogP contribution in [-0.2, 0) is 4.79 Å². The molecule has 1 aliphatic rings. The van der Waals surface area contributed by atoms with Gasteiger partial charge in [-0.3, -0.25) is 4.79 Å². The summed E-state index contributed by atoms with van der Waals surface area (Å²) in [5, 5.41) is 0. The summed E-state index contributed by atoms with van der Waals surface area (Å²) in [6, 6.07) is 0. The number of amides is 1. The van der Waals surface area contributed by atoms with E-state index in [1.54, 1.807) is 0 Å². The highest BCUT2D eigenvalue weighted by Gasteiger charge is 2.32. The Balaban J connectivity index is 2.65. The molecule has 0 bridgehead atoms. The minimum atomic E-state index is -0.145. The molecule has 0 aromatic carbocycles. The molecule has 0 atom stereocenters. The van der Waals surface area contributed by atoms with Gasteiger partial charge in [0.2, 0.25) is 5.91 Å². The van der Waals surface area contributed by atoms with Gasteiger partial charge in [0.25, 0.3) is 0 Å². The number of hydrogen-bond donors (Lipinski definition) is 1. The van der Waals surface area contributed by atoms with E-state index in [4.69, 9.17) is 5.73 Å². The zero-order valence-electron chi connectivity index (χ0n) is 7.26. The van der Waals surface area contributed by atoms with Gasteiger partial charge < -0.3 is 10.6 Å². The Morgan fingerprint density at radius 1 is 1.64 bits per heavy atom. The molecule has 0 aromatic heterocycles. The van der Waals surface area contributed by atoms with Gasteiger partial charge in [0.05, 0.1) is 0 Å². The van der Waals surface area contributed by atoms with Crippen LogP contribution in [0.15, 0.2) is 0 Å². The van der Waals surface area contributed by atoms with Gasteiger partial charge in [0, 0.05) is 25.0 Å². The predicted octanol–water partition coefficient (Wildman–Crippen LogP) is 0.346. The van der Waals surface area contributed by atoms with Crippen molar-refractivity contribution in [3.05, 3.63) is 0 Å². The third-order valence-electron chi connectivity index (χ3n) is 2.30. The fourth-order valence-electron chi connectivity index (χ4n) is 1.40.